The standard InChI is InChI=1S/C21H20N6/c22-12-17(14-24-7-5-15-1-2-15)19-4-3-18(13-23)26-21(19)16-6-9-27-10-8-25-20(27)11-16/h3-4,6,8-12,14-15,22,24H,1-2,5,7H2/b17-14+,22-12?. The molecule has 3 heterocycles. The Morgan fingerprint density at radius 3 is 3.00 bits per heavy atom. The van der Waals surface area contributed by atoms with Crippen molar-refractivity contribution < 1.29 is 0 Å². The normalized spacial score (nSPS) is 14.1. The number of fused-ring (bicyclic) bond motifs is 1. The molecule has 0 unspecified atom stereocenters. The predicted octanol–water partition coefficient (Wildman–Crippen LogP) is 3.65. The van der Waals surface area contributed by atoms with Crippen LogP contribution in [0.25, 0.3) is 22.5 Å². The van der Waals surface area contributed by atoms with Crippen molar-refractivity contribution in [1.82, 2.24) is 19.7 Å². The molecule has 0 bridgehead atoms. The van der Waals surface area contributed by atoms with Gasteiger partial charge in [-0.1, -0.05) is 12.8 Å². The Bertz CT molecular complexity index is 1050. The Morgan fingerprint density at radius 2 is 2.22 bits per heavy atom. The van der Waals surface area contributed by atoms with E-state index in [2.05, 4.69) is 21.4 Å². The van der Waals surface area contributed by atoms with Crippen LogP contribution in [0.1, 0.15) is 30.5 Å². The molecule has 0 aliphatic heterocycles. The molecule has 6 heteroatoms. The summed E-state index contributed by atoms with van der Waals surface area (Å²) in [5.74, 6) is 0.864. The molecule has 0 atom stereocenters. The molecule has 0 radical (unpaired) electrons. The molecule has 134 valence electrons. The highest BCUT2D eigenvalue weighted by Crippen LogP contribution is 2.32. The van der Waals surface area contributed by atoms with Gasteiger partial charge in [-0.3, -0.25) is 0 Å². The van der Waals surface area contributed by atoms with Crippen LogP contribution in [0, 0.1) is 22.7 Å². The SMILES string of the molecule is N#Cc1ccc(/C(C=N)=C/NCCC2CC2)c(-c2ccn3ccnc3c2)n1. The molecule has 27 heavy (non-hydrogen) atoms. The number of rotatable bonds is 7. The highest BCUT2D eigenvalue weighted by molar-refractivity contribution is 6.10. The monoisotopic (exact) mass is 356 g/mol. The average molecular weight is 356 g/mol. The third kappa shape index (κ3) is 3.72. The summed E-state index contributed by atoms with van der Waals surface area (Å²) in [6.07, 6.45) is 12.6. The van der Waals surface area contributed by atoms with Gasteiger partial charge in [0.1, 0.15) is 17.4 Å². The Hall–Kier alpha value is -3.46. The Kier molecular flexibility index (Phi) is 4.67. The van der Waals surface area contributed by atoms with Gasteiger partial charge in [-0.15, -0.1) is 0 Å². The maximum Gasteiger partial charge on any atom is 0.141 e. The molecule has 6 nitrogen and oxygen atoms in total. The summed E-state index contributed by atoms with van der Waals surface area (Å²) in [4.78, 5) is 8.84. The smallest absolute Gasteiger partial charge is 0.141 e. The minimum atomic E-state index is 0.350. The second-order valence-electron chi connectivity index (χ2n) is 6.74. The van der Waals surface area contributed by atoms with Crippen LogP contribution in [0.2, 0.25) is 0 Å². The molecule has 2 N–H and O–H groups in total. The molecule has 3 aromatic rings. The van der Waals surface area contributed by atoms with Crippen molar-refractivity contribution in [2.45, 2.75) is 19.3 Å². The van der Waals surface area contributed by atoms with E-state index < -0.39 is 0 Å². The van der Waals surface area contributed by atoms with E-state index in [0.717, 1.165) is 41.2 Å². The van der Waals surface area contributed by atoms with Crippen molar-refractivity contribution in [2.75, 3.05) is 6.54 Å². The van der Waals surface area contributed by atoms with Crippen LogP contribution in [-0.4, -0.2) is 27.1 Å². The molecule has 0 spiro atoms. The lowest BCUT2D eigenvalue weighted by Gasteiger charge is -2.11. The second kappa shape index (κ2) is 7.42. The summed E-state index contributed by atoms with van der Waals surface area (Å²) in [6.45, 7) is 0.904. The first-order valence-electron chi connectivity index (χ1n) is 9.07. The number of nitriles is 1. The first-order chi connectivity index (χ1) is 13.3. The molecule has 4 rings (SSSR count). The lowest BCUT2D eigenvalue weighted by molar-refractivity contribution is 0.686. The number of hydrogen-bond acceptors (Lipinski definition) is 5. The zero-order chi connectivity index (χ0) is 18.6. The van der Waals surface area contributed by atoms with Crippen LogP contribution in [0.4, 0.5) is 0 Å². The lowest BCUT2D eigenvalue weighted by Crippen LogP contribution is -2.09. The molecule has 1 fully saturated rings. The van der Waals surface area contributed by atoms with Crippen molar-refractivity contribution in [1.29, 1.82) is 10.7 Å². The van der Waals surface area contributed by atoms with Gasteiger partial charge in [0.05, 0.1) is 5.69 Å². The van der Waals surface area contributed by atoms with E-state index in [0.29, 0.717) is 11.4 Å². The maximum absolute atomic E-state index is 9.26. The summed E-state index contributed by atoms with van der Waals surface area (Å²) in [7, 11) is 0. The number of imidazole rings is 1. The van der Waals surface area contributed by atoms with Gasteiger partial charge in [-0.25, -0.2) is 9.97 Å². The fraction of sp³-hybridized carbons (Fsp3) is 0.238. The quantitative estimate of drug-likeness (QED) is 0.499. The highest BCUT2D eigenvalue weighted by Gasteiger charge is 2.20. The predicted molar refractivity (Wildman–Crippen MR) is 105 cm³/mol. The second-order valence-corrected chi connectivity index (χ2v) is 6.74. The first kappa shape index (κ1) is 17.0. The van der Waals surface area contributed by atoms with Crippen LogP contribution in [0.5, 0.6) is 0 Å². The van der Waals surface area contributed by atoms with Gasteiger partial charge in [-0.05, 0) is 36.6 Å². The molecule has 1 aliphatic rings. The highest BCUT2D eigenvalue weighted by atomic mass is 15.0. The van der Waals surface area contributed by atoms with Crippen LogP contribution >= 0.6 is 0 Å². The molecular formula is C21H20N6. The molecule has 1 saturated carbocycles. The number of pyridine rings is 2. The van der Waals surface area contributed by atoms with Gasteiger partial charge in [0, 0.05) is 54.2 Å². The summed E-state index contributed by atoms with van der Waals surface area (Å²) in [5.41, 5.74) is 4.26. The van der Waals surface area contributed by atoms with Gasteiger partial charge in [0.15, 0.2) is 0 Å². The third-order valence-corrected chi connectivity index (χ3v) is 4.80. The topological polar surface area (TPSA) is 89.9 Å². The Balaban J connectivity index is 1.71. The van der Waals surface area contributed by atoms with Crippen LogP contribution in [0.3, 0.4) is 0 Å². The van der Waals surface area contributed by atoms with Crippen LogP contribution < -0.4 is 5.32 Å². The van der Waals surface area contributed by atoms with Gasteiger partial charge in [-0.2, -0.15) is 5.26 Å². The van der Waals surface area contributed by atoms with E-state index in [9.17, 15) is 5.26 Å². The zero-order valence-corrected chi connectivity index (χ0v) is 14.9. The van der Waals surface area contributed by atoms with E-state index >= 15 is 0 Å². The minimum absolute atomic E-state index is 0.350. The fourth-order valence-electron chi connectivity index (χ4n) is 3.11. The summed E-state index contributed by atoms with van der Waals surface area (Å²) >= 11 is 0. The molecular weight excluding hydrogens is 336 g/mol. The maximum atomic E-state index is 9.26. The van der Waals surface area contributed by atoms with Crippen molar-refractivity contribution in [2.24, 2.45) is 5.92 Å². The molecule has 1 aliphatic carbocycles. The van der Waals surface area contributed by atoms with Crippen LogP contribution in [0.15, 0.2) is 49.1 Å². The van der Waals surface area contributed by atoms with Crippen molar-refractivity contribution >= 4 is 17.4 Å². The van der Waals surface area contributed by atoms with E-state index in [1.54, 1.807) is 12.3 Å². The number of nitrogens with one attached hydrogen (secondary N) is 2. The number of hydrogen-bond donors (Lipinski definition) is 2. The van der Waals surface area contributed by atoms with E-state index in [1.807, 2.05) is 41.2 Å². The van der Waals surface area contributed by atoms with Crippen LogP contribution in [-0.2, 0) is 0 Å². The van der Waals surface area contributed by atoms with Gasteiger partial charge >= 0.3 is 0 Å². The van der Waals surface area contributed by atoms with E-state index in [4.69, 9.17) is 5.41 Å². The zero-order valence-electron chi connectivity index (χ0n) is 14.9. The average Bonchev–Trinajstić information content (AvgIpc) is 3.42. The minimum Gasteiger partial charge on any atom is -0.390 e. The molecule has 0 amide bonds. The Labute approximate surface area is 157 Å². The number of aromatic nitrogens is 3. The lowest BCUT2D eigenvalue weighted by atomic mass is 10.0. The molecule has 3 aromatic heterocycles. The number of allylic oxidation sites excluding steroid dienone is 1. The molecule has 0 aromatic carbocycles. The first-order valence-corrected chi connectivity index (χ1v) is 9.07. The largest absolute Gasteiger partial charge is 0.390 e. The Morgan fingerprint density at radius 1 is 1.33 bits per heavy atom. The summed E-state index contributed by atoms with van der Waals surface area (Å²) in [6, 6.07) is 9.53. The fourth-order valence-corrected chi connectivity index (χ4v) is 3.11. The summed E-state index contributed by atoms with van der Waals surface area (Å²) in [5, 5.41) is 20.4. The van der Waals surface area contributed by atoms with Gasteiger partial charge < -0.3 is 15.1 Å². The van der Waals surface area contributed by atoms with E-state index in [1.165, 1.54) is 19.1 Å². The van der Waals surface area contributed by atoms with E-state index in [-0.39, 0.29) is 0 Å². The summed E-state index contributed by atoms with van der Waals surface area (Å²) < 4.78 is 1.92. The van der Waals surface area contributed by atoms with Gasteiger partial charge in [0.25, 0.3) is 0 Å². The molecule has 0 saturated heterocycles. The van der Waals surface area contributed by atoms with Crippen molar-refractivity contribution in [3.63, 3.8) is 0 Å². The van der Waals surface area contributed by atoms with Crippen molar-refractivity contribution in [3.8, 4) is 17.3 Å². The number of nitrogens with zero attached hydrogens (tertiary/aromatic N) is 4. The van der Waals surface area contributed by atoms with Crippen molar-refractivity contribution in [3.05, 3.63) is 60.3 Å². The van der Waals surface area contributed by atoms with Gasteiger partial charge in [0.2, 0.25) is 0 Å². The third-order valence-electron chi connectivity index (χ3n) is 4.80.